The molecule has 0 amide bonds. The second-order valence-electron chi connectivity index (χ2n) is 4.35. The van der Waals surface area contributed by atoms with Crippen LogP contribution in [0.4, 0.5) is 11.9 Å². The Balaban J connectivity index is 2.22. The molecule has 1 atom stereocenters. The Morgan fingerprint density at radius 3 is 2.50 bits per heavy atom. The van der Waals surface area contributed by atoms with E-state index in [2.05, 4.69) is 52.5 Å². The highest BCUT2D eigenvalue weighted by Gasteiger charge is 2.14. The number of methoxy groups -OCH3 is 1. The van der Waals surface area contributed by atoms with Crippen molar-refractivity contribution in [3.05, 3.63) is 21.4 Å². The first-order valence-electron chi connectivity index (χ1n) is 6.13. The molecule has 2 rings (SSSR count). The Morgan fingerprint density at radius 2 is 1.95 bits per heavy atom. The van der Waals surface area contributed by atoms with Gasteiger partial charge in [-0.25, -0.2) is 5.84 Å². The van der Waals surface area contributed by atoms with E-state index < -0.39 is 0 Å². The first-order valence-corrected chi connectivity index (χ1v) is 6.95. The van der Waals surface area contributed by atoms with Crippen molar-refractivity contribution >= 4 is 23.2 Å². The number of aryl methyl sites for hydroxylation is 2. The van der Waals surface area contributed by atoms with E-state index in [0.717, 1.165) is 0 Å². The fourth-order valence-corrected chi connectivity index (χ4v) is 2.95. The maximum atomic E-state index is 5.33. The third-order valence-electron chi connectivity index (χ3n) is 2.82. The van der Waals surface area contributed by atoms with Crippen molar-refractivity contribution in [2.45, 2.75) is 26.8 Å². The van der Waals surface area contributed by atoms with Crippen LogP contribution < -0.4 is 21.3 Å². The number of nitrogen functional groups attached to an aromatic ring is 1. The normalized spacial score (nSPS) is 12.1. The summed E-state index contributed by atoms with van der Waals surface area (Å²) < 4.78 is 5.02. The topological polar surface area (TPSA) is 98.0 Å². The average Bonchev–Trinajstić information content (AvgIpc) is 2.77. The Bertz CT molecular complexity index is 577. The first-order chi connectivity index (χ1) is 9.53. The maximum absolute atomic E-state index is 5.33. The van der Waals surface area contributed by atoms with Gasteiger partial charge in [0.1, 0.15) is 0 Å². The lowest BCUT2D eigenvalue weighted by molar-refractivity contribution is 0.379. The summed E-state index contributed by atoms with van der Waals surface area (Å²) in [5.41, 5.74) is 3.62. The third kappa shape index (κ3) is 3.14. The number of rotatable bonds is 5. The second kappa shape index (κ2) is 6.02. The van der Waals surface area contributed by atoms with Gasteiger partial charge in [-0.05, 0) is 32.4 Å². The van der Waals surface area contributed by atoms with Gasteiger partial charge in [0, 0.05) is 9.75 Å². The Hall–Kier alpha value is -1.93. The van der Waals surface area contributed by atoms with Crippen molar-refractivity contribution in [2.24, 2.45) is 5.84 Å². The van der Waals surface area contributed by atoms with Crippen LogP contribution in [0.5, 0.6) is 6.01 Å². The molecule has 0 aromatic carbocycles. The molecular formula is C12H18N6OS. The summed E-state index contributed by atoms with van der Waals surface area (Å²) in [5, 5.41) is 3.23. The zero-order chi connectivity index (χ0) is 14.7. The molecule has 20 heavy (non-hydrogen) atoms. The molecule has 2 aromatic heterocycles. The van der Waals surface area contributed by atoms with Crippen molar-refractivity contribution < 1.29 is 4.74 Å². The SMILES string of the molecule is COc1nc(NN)nc(NC(C)c2cc(C)sc2C)n1. The van der Waals surface area contributed by atoms with Crippen molar-refractivity contribution in [1.82, 2.24) is 15.0 Å². The second-order valence-corrected chi connectivity index (χ2v) is 5.81. The lowest BCUT2D eigenvalue weighted by Crippen LogP contribution is -2.15. The van der Waals surface area contributed by atoms with Crippen LogP contribution in [-0.4, -0.2) is 22.1 Å². The molecular weight excluding hydrogens is 276 g/mol. The first kappa shape index (κ1) is 14.5. The van der Waals surface area contributed by atoms with Gasteiger partial charge in [0.15, 0.2) is 0 Å². The van der Waals surface area contributed by atoms with Gasteiger partial charge in [-0.15, -0.1) is 11.3 Å². The van der Waals surface area contributed by atoms with E-state index in [1.165, 1.54) is 22.4 Å². The van der Waals surface area contributed by atoms with E-state index in [1.54, 1.807) is 11.3 Å². The molecule has 0 saturated heterocycles. The van der Waals surface area contributed by atoms with E-state index in [-0.39, 0.29) is 18.0 Å². The number of thiophene rings is 1. The van der Waals surface area contributed by atoms with E-state index >= 15 is 0 Å². The Labute approximate surface area is 121 Å². The van der Waals surface area contributed by atoms with Crippen LogP contribution in [0, 0.1) is 13.8 Å². The van der Waals surface area contributed by atoms with Gasteiger partial charge in [-0.2, -0.15) is 15.0 Å². The molecule has 0 bridgehead atoms. The monoisotopic (exact) mass is 294 g/mol. The average molecular weight is 294 g/mol. The van der Waals surface area contributed by atoms with Gasteiger partial charge in [0.25, 0.3) is 0 Å². The third-order valence-corrected chi connectivity index (χ3v) is 3.80. The summed E-state index contributed by atoms with van der Waals surface area (Å²) in [6, 6.07) is 2.46. The molecule has 0 fully saturated rings. The molecule has 108 valence electrons. The number of nitrogens with one attached hydrogen (secondary N) is 2. The van der Waals surface area contributed by atoms with E-state index in [0.29, 0.717) is 5.95 Å². The summed E-state index contributed by atoms with van der Waals surface area (Å²) >= 11 is 1.77. The summed E-state index contributed by atoms with van der Waals surface area (Å²) in [5.74, 6) is 6.00. The van der Waals surface area contributed by atoms with Gasteiger partial charge in [-0.3, -0.25) is 5.43 Å². The number of ether oxygens (including phenoxy) is 1. The minimum Gasteiger partial charge on any atom is -0.467 e. The van der Waals surface area contributed by atoms with Crippen LogP contribution in [0.3, 0.4) is 0 Å². The molecule has 0 aliphatic carbocycles. The number of hydrogen-bond acceptors (Lipinski definition) is 8. The van der Waals surface area contributed by atoms with Crippen LogP contribution in [0.15, 0.2) is 6.07 Å². The minimum absolute atomic E-state index is 0.0812. The smallest absolute Gasteiger partial charge is 0.322 e. The predicted molar refractivity (Wildman–Crippen MR) is 80.0 cm³/mol. The van der Waals surface area contributed by atoms with Crippen LogP contribution in [0.25, 0.3) is 0 Å². The quantitative estimate of drug-likeness (QED) is 0.573. The molecule has 0 aliphatic rings. The zero-order valence-electron chi connectivity index (χ0n) is 11.9. The maximum Gasteiger partial charge on any atom is 0.322 e. The van der Waals surface area contributed by atoms with E-state index in [1.807, 2.05) is 0 Å². The van der Waals surface area contributed by atoms with E-state index in [9.17, 15) is 0 Å². The molecule has 1 unspecified atom stereocenters. The number of nitrogens with two attached hydrogens (primary N) is 1. The van der Waals surface area contributed by atoms with Crippen molar-refractivity contribution in [3.8, 4) is 6.01 Å². The van der Waals surface area contributed by atoms with Gasteiger partial charge in [-0.1, -0.05) is 0 Å². The Morgan fingerprint density at radius 1 is 1.25 bits per heavy atom. The summed E-state index contributed by atoms with van der Waals surface area (Å²) in [7, 11) is 1.50. The summed E-state index contributed by atoms with van der Waals surface area (Å²) in [6.45, 7) is 6.25. The largest absolute Gasteiger partial charge is 0.467 e. The number of hydrazine groups is 1. The molecule has 4 N–H and O–H groups in total. The fourth-order valence-electron chi connectivity index (χ4n) is 1.93. The predicted octanol–water partition coefficient (Wildman–Crippen LogP) is 2.02. The molecule has 0 spiro atoms. The Kier molecular flexibility index (Phi) is 4.35. The highest BCUT2D eigenvalue weighted by molar-refractivity contribution is 7.12. The van der Waals surface area contributed by atoms with Crippen LogP contribution in [0.1, 0.15) is 28.3 Å². The number of nitrogens with zero attached hydrogens (tertiary/aromatic N) is 3. The van der Waals surface area contributed by atoms with Gasteiger partial charge >= 0.3 is 6.01 Å². The number of aromatic nitrogens is 3. The molecule has 7 nitrogen and oxygen atoms in total. The molecule has 2 aromatic rings. The minimum atomic E-state index is 0.0812. The van der Waals surface area contributed by atoms with Gasteiger partial charge in [0.2, 0.25) is 11.9 Å². The zero-order valence-corrected chi connectivity index (χ0v) is 12.7. The molecule has 0 radical (unpaired) electrons. The van der Waals surface area contributed by atoms with Crippen molar-refractivity contribution in [2.75, 3.05) is 17.9 Å². The summed E-state index contributed by atoms with van der Waals surface area (Å²) in [6.07, 6.45) is 0. The number of hydrogen-bond donors (Lipinski definition) is 3. The number of anilines is 2. The van der Waals surface area contributed by atoms with Crippen LogP contribution in [0.2, 0.25) is 0 Å². The highest BCUT2D eigenvalue weighted by atomic mass is 32.1. The molecule has 8 heteroatoms. The summed E-state index contributed by atoms with van der Waals surface area (Å²) in [4.78, 5) is 14.8. The van der Waals surface area contributed by atoms with Gasteiger partial charge in [0.05, 0.1) is 13.2 Å². The molecule has 0 aliphatic heterocycles. The molecule has 2 heterocycles. The lowest BCUT2D eigenvalue weighted by atomic mass is 10.1. The fraction of sp³-hybridized carbons (Fsp3) is 0.417. The van der Waals surface area contributed by atoms with Crippen molar-refractivity contribution in [3.63, 3.8) is 0 Å². The van der Waals surface area contributed by atoms with Crippen molar-refractivity contribution in [1.29, 1.82) is 0 Å². The van der Waals surface area contributed by atoms with Crippen LogP contribution >= 0.6 is 11.3 Å². The van der Waals surface area contributed by atoms with E-state index in [4.69, 9.17) is 10.6 Å². The standard InChI is InChI=1S/C12H18N6OS/c1-6-5-9(8(3)20-6)7(2)14-10-15-11(18-13)17-12(16-10)19-4/h5,7H,13H2,1-4H3,(H2,14,15,16,17,18). The van der Waals surface area contributed by atoms with Gasteiger partial charge < -0.3 is 10.1 Å². The van der Waals surface area contributed by atoms with Crippen LogP contribution in [-0.2, 0) is 0 Å². The highest BCUT2D eigenvalue weighted by Crippen LogP contribution is 2.28. The molecule has 0 saturated carbocycles. The lowest BCUT2D eigenvalue weighted by Gasteiger charge is -2.14.